The van der Waals surface area contributed by atoms with E-state index in [4.69, 9.17) is 0 Å². The Morgan fingerprint density at radius 2 is 1.76 bits per heavy atom. The third-order valence-corrected chi connectivity index (χ3v) is 3.90. The first kappa shape index (κ1) is 15.8. The minimum absolute atomic E-state index is 0.0616. The van der Waals surface area contributed by atoms with Gasteiger partial charge in [0.1, 0.15) is 0 Å². The first-order valence-corrected chi connectivity index (χ1v) is 8.30. The lowest BCUT2D eigenvalue weighted by Gasteiger charge is -2.08. The lowest BCUT2D eigenvalue weighted by molar-refractivity contribution is -0.116. The van der Waals surface area contributed by atoms with Gasteiger partial charge in [-0.05, 0) is 48.6 Å². The number of anilines is 1. The Morgan fingerprint density at radius 1 is 1.05 bits per heavy atom. The van der Waals surface area contributed by atoms with Gasteiger partial charge in [-0.3, -0.25) is 4.79 Å². The van der Waals surface area contributed by atoms with Gasteiger partial charge in [-0.25, -0.2) is 0 Å². The second-order valence-electron chi connectivity index (χ2n) is 5.11. The van der Waals surface area contributed by atoms with Gasteiger partial charge in [-0.15, -0.1) is 0 Å². The second-order valence-corrected chi connectivity index (χ2v) is 5.90. The maximum atomic E-state index is 12.0. The summed E-state index contributed by atoms with van der Waals surface area (Å²) in [6, 6.07) is 16.2. The number of carbonyl (C=O) groups is 1. The summed E-state index contributed by atoms with van der Waals surface area (Å²) in [6.45, 7) is 2.08. The van der Waals surface area contributed by atoms with E-state index in [0.29, 0.717) is 6.42 Å². The Hall–Kier alpha value is -1.61. The van der Waals surface area contributed by atoms with Crippen LogP contribution < -0.4 is 5.32 Å². The van der Waals surface area contributed by atoms with Crippen LogP contribution in [-0.2, 0) is 17.6 Å². The molecule has 0 radical (unpaired) electrons. The number of benzene rings is 2. The van der Waals surface area contributed by atoms with E-state index < -0.39 is 0 Å². The van der Waals surface area contributed by atoms with Crippen molar-refractivity contribution in [2.24, 2.45) is 0 Å². The number of hydrogen-bond donors (Lipinski definition) is 1. The third kappa shape index (κ3) is 5.01. The van der Waals surface area contributed by atoms with Crippen LogP contribution in [0.2, 0.25) is 0 Å². The van der Waals surface area contributed by atoms with Crippen molar-refractivity contribution in [3.63, 3.8) is 0 Å². The number of amides is 1. The molecule has 0 aliphatic rings. The maximum Gasteiger partial charge on any atom is 0.224 e. The Kier molecular flexibility index (Phi) is 6.00. The van der Waals surface area contributed by atoms with E-state index in [2.05, 4.69) is 52.4 Å². The molecule has 0 unspecified atom stereocenters. The average molecular weight is 346 g/mol. The largest absolute Gasteiger partial charge is 0.326 e. The molecule has 2 rings (SSSR count). The standard InChI is InChI=1S/C18H20BrNO/c1-14-4-2-3-5-16(14)8-11-18(21)20-17-9-6-15(7-10-17)12-13-19/h2-7,9-10H,8,11-13H2,1H3,(H,20,21). The Balaban J connectivity index is 1.85. The predicted molar refractivity (Wildman–Crippen MR) is 92.1 cm³/mol. The Bertz CT molecular complexity index is 592. The van der Waals surface area contributed by atoms with Crippen molar-refractivity contribution >= 4 is 27.5 Å². The first-order valence-electron chi connectivity index (χ1n) is 7.18. The highest BCUT2D eigenvalue weighted by molar-refractivity contribution is 9.09. The van der Waals surface area contributed by atoms with E-state index in [9.17, 15) is 4.79 Å². The summed E-state index contributed by atoms with van der Waals surface area (Å²) < 4.78 is 0. The second kappa shape index (κ2) is 7.99. The molecule has 110 valence electrons. The van der Waals surface area contributed by atoms with Gasteiger partial charge in [0.2, 0.25) is 5.91 Å². The Labute approximate surface area is 134 Å². The fraction of sp³-hybridized carbons (Fsp3) is 0.278. The van der Waals surface area contributed by atoms with Crippen LogP contribution in [0.1, 0.15) is 23.1 Å². The van der Waals surface area contributed by atoms with Crippen LogP contribution >= 0.6 is 15.9 Å². The Morgan fingerprint density at radius 3 is 2.43 bits per heavy atom. The van der Waals surface area contributed by atoms with E-state index >= 15 is 0 Å². The molecular formula is C18H20BrNO. The normalized spacial score (nSPS) is 10.4. The van der Waals surface area contributed by atoms with Gasteiger partial charge in [0.05, 0.1) is 0 Å². The minimum Gasteiger partial charge on any atom is -0.326 e. The van der Waals surface area contributed by atoms with Crippen molar-refractivity contribution in [3.8, 4) is 0 Å². The highest BCUT2D eigenvalue weighted by atomic mass is 79.9. The predicted octanol–water partition coefficient (Wildman–Crippen LogP) is 4.50. The van der Waals surface area contributed by atoms with Crippen LogP contribution in [0, 0.1) is 6.92 Å². The molecular weight excluding hydrogens is 326 g/mol. The number of nitrogens with one attached hydrogen (secondary N) is 1. The molecule has 0 atom stereocenters. The molecule has 0 fully saturated rings. The molecule has 2 aromatic rings. The zero-order chi connectivity index (χ0) is 15.1. The van der Waals surface area contributed by atoms with Gasteiger partial charge in [-0.1, -0.05) is 52.3 Å². The van der Waals surface area contributed by atoms with Crippen molar-refractivity contribution in [2.45, 2.75) is 26.2 Å². The molecule has 0 aliphatic carbocycles. The van der Waals surface area contributed by atoms with Crippen molar-refractivity contribution < 1.29 is 4.79 Å². The van der Waals surface area contributed by atoms with E-state index in [-0.39, 0.29) is 5.91 Å². The van der Waals surface area contributed by atoms with Crippen LogP contribution in [0.3, 0.4) is 0 Å². The van der Waals surface area contributed by atoms with Gasteiger partial charge in [0.25, 0.3) is 0 Å². The summed E-state index contributed by atoms with van der Waals surface area (Å²) in [4.78, 5) is 12.0. The number of hydrogen-bond acceptors (Lipinski definition) is 1. The van der Waals surface area contributed by atoms with Gasteiger partial charge >= 0.3 is 0 Å². The fourth-order valence-corrected chi connectivity index (χ4v) is 2.68. The molecule has 2 aromatic carbocycles. The summed E-state index contributed by atoms with van der Waals surface area (Å²) >= 11 is 3.42. The van der Waals surface area contributed by atoms with Crippen molar-refractivity contribution in [3.05, 3.63) is 65.2 Å². The molecule has 0 saturated carbocycles. The molecule has 1 N–H and O–H groups in total. The highest BCUT2D eigenvalue weighted by Crippen LogP contribution is 2.13. The van der Waals surface area contributed by atoms with Crippen LogP contribution in [0.25, 0.3) is 0 Å². The molecule has 3 heteroatoms. The summed E-state index contributed by atoms with van der Waals surface area (Å²) in [7, 11) is 0. The summed E-state index contributed by atoms with van der Waals surface area (Å²) in [5, 5.41) is 3.90. The number of halogens is 1. The van der Waals surface area contributed by atoms with E-state index in [1.807, 2.05) is 24.3 Å². The molecule has 0 bridgehead atoms. The van der Waals surface area contributed by atoms with Crippen LogP contribution in [0.5, 0.6) is 0 Å². The van der Waals surface area contributed by atoms with E-state index in [0.717, 1.165) is 23.9 Å². The number of carbonyl (C=O) groups excluding carboxylic acids is 1. The van der Waals surface area contributed by atoms with Crippen LogP contribution in [0.4, 0.5) is 5.69 Å². The quantitative estimate of drug-likeness (QED) is 0.767. The van der Waals surface area contributed by atoms with Crippen molar-refractivity contribution in [1.29, 1.82) is 0 Å². The van der Waals surface area contributed by atoms with Crippen molar-refractivity contribution in [1.82, 2.24) is 0 Å². The molecule has 0 heterocycles. The number of aryl methyl sites for hydroxylation is 3. The van der Waals surface area contributed by atoms with Gasteiger partial charge in [0, 0.05) is 17.4 Å². The molecule has 21 heavy (non-hydrogen) atoms. The molecule has 0 saturated heterocycles. The maximum absolute atomic E-state index is 12.0. The molecule has 1 amide bonds. The lowest BCUT2D eigenvalue weighted by atomic mass is 10.0. The fourth-order valence-electron chi connectivity index (χ4n) is 2.23. The van der Waals surface area contributed by atoms with E-state index in [1.54, 1.807) is 0 Å². The smallest absolute Gasteiger partial charge is 0.224 e. The van der Waals surface area contributed by atoms with Crippen molar-refractivity contribution in [2.75, 3.05) is 10.6 Å². The van der Waals surface area contributed by atoms with E-state index in [1.165, 1.54) is 16.7 Å². The monoisotopic (exact) mass is 345 g/mol. The minimum atomic E-state index is 0.0616. The average Bonchev–Trinajstić information content (AvgIpc) is 2.49. The van der Waals surface area contributed by atoms with Crippen LogP contribution in [-0.4, -0.2) is 11.2 Å². The zero-order valence-electron chi connectivity index (χ0n) is 12.2. The third-order valence-electron chi connectivity index (χ3n) is 3.50. The number of rotatable bonds is 6. The molecule has 0 spiro atoms. The van der Waals surface area contributed by atoms with Gasteiger partial charge < -0.3 is 5.32 Å². The lowest BCUT2D eigenvalue weighted by Crippen LogP contribution is -2.12. The van der Waals surface area contributed by atoms with Crippen LogP contribution in [0.15, 0.2) is 48.5 Å². The molecule has 2 nitrogen and oxygen atoms in total. The highest BCUT2D eigenvalue weighted by Gasteiger charge is 2.04. The summed E-state index contributed by atoms with van der Waals surface area (Å²) in [5.74, 6) is 0.0616. The zero-order valence-corrected chi connectivity index (χ0v) is 13.8. The van der Waals surface area contributed by atoms with Gasteiger partial charge in [-0.2, -0.15) is 0 Å². The molecule has 0 aliphatic heterocycles. The molecule has 0 aromatic heterocycles. The SMILES string of the molecule is Cc1ccccc1CCC(=O)Nc1ccc(CCBr)cc1. The summed E-state index contributed by atoms with van der Waals surface area (Å²) in [6.07, 6.45) is 2.29. The topological polar surface area (TPSA) is 29.1 Å². The first-order chi connectivity index (χ1) is 10.2. The number of alkyl halides is 1. The van der Waals surface area contributed by atoms with Gasteiger partial charge in [0.15, 0.2) is 0 Å². The summed E-state index contributed by atoms with van der Waals surface area (Å²) in [5.41, 5.74) is 4.61.